The average molecular weight is 417 g/mol. The lowest BCUT2D eigenvalue weighted by Crippen LogP contribution is -2.38. The quantitative estimate of drug-likeness (QED) is 0.683. The number of fused-ring (bicyclic) bond motifs is 1. The minimum absolute atomic E-state index is 0.148. The highest BCUT2D eigenvalue weighted by Gasteiger charge is 2.34. The topological polar surface area (TPSA) is 85.3 Å². The largest absolute Gasteiger partial charge is 0.527 e. The van der Waals surface area contributed by atoms with E-state index in [9.17, 15) is 14.0 Å². The molecule has 0 bridgehead atoms. The van der Waals surface area contributed by atoms with E-state index < -0.39 is 30.6 Å². The van der Waals surface area contributed by atoms with Crippen LogP contribution in [-0.2, 0) is 20.8 Å². The molecule has 2 aromatic rings. The summed E-state index contributed by atoms with van der Waals surface area (Å²) >= 11 is 0. The lowest BCUT2D eigenvalue weighted by Gasteiger charge is -2.36. The summed E-state index contributed by atoms with van der Waals surface area (Å²) in [5, 5.41) is 10.4. The molecule has 160 valence electrons. The van der Waals surface area contributed by atoms with Crippen molar-refractivity contribution >= 4 is 12.1 Å². The number of halogens is 1. The van der Waals surface area contributed by atoms with Gasteiger partial charge in [0.25, 0.3) is 0 Å². The molecule has 0 aliphatic carbocycles. The number of ether oxygens (including phenoxy) is 2. The molecular formula is C22H24FNO6. The van der Waals surface area contributed by atoms with Gasteiger partial charge < -0.3 is 19.4 Å². The number of benzene rings is 2. The molecule has 0 saturated heterocycles. The first-order valence-corrected chi connectivity index (χ1v) is 9.68. The van der Waals surface area contributed by atoms with Crippen molar-refractivity contribution in [3.05, 3.63) is 65.0 Å². The van der Waals surface area contributed by atoms with Crippen LogP contribution in [0.2, 0.25) is 0 Å². The fourth-order valence-corrected chi connectivity index (χ4v) is 3.33. The molecule has 1 aliphatic heterocycles. The van der Waals surface area contributed by atoms with Crippen LogP contribution in [0.1, 0.15) is 36.6 Å². The first-order chi connectivity index (χ1) is 14.3. The number of rotatable bonds is 7. The van der Waals surface area contributed by atoms with Gasteiger partial charge >= 0.3 is 12.1 Å². The van der Waals surface area contributed by atoms with Gasteiger partial charge in [0.15, 0.2) is 6.61 Å². The molecule has 30 heavy (non-hydrogen) atoms. The molecule has 1 atom stereocenters. The fraction of sp³-hybridized carbons (Fsp3) is 0.364. The number of carboxylic acids is 1. The van der Waals surface area contributed by atoms with Gasteiger partial charge in [-0.2, -0.15) is 0 Å². The maximum absolute atomic E-state index is 14.2. The predicted molar refractivity (Wildman–Crippen MR) is 105 cm³/mol. The van der Waals surface area contributed by atoms with Crippen LogP contribution >= 0.6 is 0 Å². The lowest BCUT2D eigenvalue weighted by atomic mass is 9.89. The maximum Gasteiger partial charge on any atom is 0.527 e. The molecule has 8 heteroatoms. The van der Waals surface area contributed by atoms with Crippen LogP contribution in [0.15, 0.2) is 42.5 Å². The zero-order chi connectivity index (χ0) is 21.7. The van der Waals surface area contributed by atoms with Crippen molar-refractivity contribution in [2.24, 2.45) is 5.92 Å². The molecule has 0 radical (unpaired) electrons. The molecule has 0 amide bonds. The van der Waals surface area contributed by atoms with E-state index in [1.165, 1.54) is 23.3 Å². The normalized spacial score (nSPS) is 16.1. The first kappa shape index (κ1) is 21.6. The summed E-state index contributed by atoms with van der Waals surface area (Å²) in [4.78, 5) is 28.6. The van der Waals surface area contributed by atoms with Crippen molar-refractivity contribution in [2.75, 3.05) is 19.8 Å². The van der Waals surface area contributed by atoms with Crippen LogP contribution in [0.3, 0.4) is 0 Å². The molecule has 2 aromatic carbocycles. The van der Waals surface area contributed by atoms with Gasteiger partial charge in [-0.1, -0.05) is 38.1 Å². The van der Waals surface area contributed by atoms with Gasteiger partial charge in [-0.3, -0.25) is 0 Å². The summed E-state index contributed by atoms with van der Waals surface area (Å²) in [5.41, 5.74) is 2.19. The number of aliphatic carboxylic acids is 1. The fourth-order valence-electron chi connectivity index (χ4n) is 3.33. The monoisotopic (exact) mass is 417 g/mol. The van der Waals surface area contributed by atoms with Crippen molar-refractivity contribution in [3.63, 3.8) is 0 Å². The van der Waals surface area contributed by atoms with E-state index >= 15 is 0 Å². The van der Waals surface area contributed by atoms with Crippen LogP contribution in [0.4, 0.5) is 9.18 Å². The molecule has 1 heterocycles. The number of hydroxylamine groups is 2. The van der Waals surface area contributed by atoms with Crippen LogP contribution in [0, 0.1) is 11.7 Å². The van der Waals surface area contributed by atoms with Gasteiger partial charge in [0.1, 0.15) is 17.6 Å². The lowest BCUT2D eigenvalue weighted by molar-refractivity contribution is -0.152. The molecule has 1 aliphatic rings. The van der Waals surface area contributed by atoms with Crippen LogP contribution in [0.5, 0.6) is 5.75 Å². The molecule has 1 N–H and O–H groups in total. The molecular weight excluding hydrogens is 393 g/mol. The van der Waals surface area contributed by atoms with Crippen molar-refractivity contribution in [1.82, 2.24) is 5.06 Å². The van der Waals surface area contributed by atoms with Crippen LogP contribution < -0.4 is 4.74 Å². The molecule has 7 nitrogen and oxygen atoms in total. The Morgan fingerprint density at radius 1 is 1.20 bits per heavy atom. The summed E-state index contributed by atoms with van der Waals surface area (Å²) in [6.07, 6.45) is -0.234. The van der Waals surface area contributed by atoms with E-state index in [1.54, 1.807) is 0 Å². The summed E-state index contributed by atoms with van der Waals surface area (Å²) < 4.78 is 24.7. The average Bonchev–Trinajstić information content (AvgIpc) is 2.71. The van der Waals surface area contributed by atoms with E-state index in [2.05, 4.69) is 0 Å². The summed E-state index contributed by atoms with van der Waals surface area (Å²) in [6, 6.07) is 10.7. The Kier molecular flexibility index (Phi) is 6.89. The third-order valence-electron chi connectivity index (χ3n) is 4.58. The SMILES string of the molecule is CC(C)COC(=O)ON1CCc2ccccc2C1c1cc(F)ccc1OCC(=O)O. The number of carbonyl (C=O) groups excluding carboxylic acids is 1. The smallest absolute Gasteiger partial charge is 0.482 e. The Morgan fingerprint density at radius 2 is 1.97 bits per heavy atom. The molecule has 0 fully saturated rings. The highest BCUT2D eigenvalue weighted by atomic mass is 19.1. The van der Waals surface area contributed by atoms with Crippen LogP contribution in [-0.4, -0.2) is 42.1 Å². The number of hydrogen-bond donors (Lipinski definition) is 1. The van der Waals surface area contributed by atoms with Crippen molar-refractivity contribution in [1.29, 1.82) is 0 Å². The number of hydrogen-bond acceptors (Lipinski definition) is 6. The standard InChI is InChI=1S/C22H24FNO6/c1-14(2)12-29-22(27)30-24-10-9-15-5-3-4-6-17(15)21(24)18-11-16(23)7-8-19(18)28-13-20(25)26/h3-8,11,14,21H,9-10,12-13H2,1-2H3,(H,25,26). The number of carbonyl (C=O) groups is 2. The van der Waals surface area contributed by atoms with Crippen molar-refractivity contribution in [2.45, 2.75) is 26.3 Å². The van der Waals surface area contributed by atoms with Crippen molar-refractivity contribution < 1.29 is 33.4 Å². The minimum atomic E-state index is -1.15. The zero-order valence-corrected chi connectivity index (χ0v) is 16.8. The van der Waals surface area contributed by atoms with Crippen LogP contribution in [0.25, 0.3) is 0 Å². The third-order valence-corrected chi connectivity index (χ3v) is 4.58. The van der Waals surface area contributed by atoms with Gasteiger partial charge in [-0.05, 0) is 41.7 Å². The highest BCUT2D eigenvalue weighted by Crippen LogP contribution is 2.39. The first-order valence-electron chi connectivity index (χ1n) is 9.68. The zero-order valence-electron chi connectivity index (χ0n) is 16.8. The molecule has 0 aromatic heterocycles. The Labute approximate surface area is 173 Å². The van der Waals surface area contributed by atoms with E-state index in [0.29, 0.717) is 18.5 Å². The van der Waals surface area contributed by atoms with E-state index in [1.807, 2.05) is 38.1 Å². The number of carboxylic acid groups (broad SMARTS) is 1. The van der Waals surface area contributed by atoms with E-state index in [0.717, 1.165) is 11.1 Å². The second-order valence-electron chi connectivity index (χ2n) is 7.40. The predicted octanol–water partition coefficient (Wildman–Crippen LogP) is 3.96. The summed E-state index contributed by atoms with van der Waals surface area (Å²) in [6.45, 7) is 3.80. The molecule has 0 spiro atoms. The van der Waals surface area contributed by atoms with Gasteiger partial charge in [0.05, 0.1) is 6.61 Å². The van der Waals surface area contributed by atoms with Gasteiger partial charge in [-0.25, -0.2) is 14.0 Å². The van der Waals surface area contributed by atoms with Gasteiger partial charge in [0.2, 0.25) is 0 Å². The molecule has 0 saturated carbocycles. The molecule has 1 unspecified atom stereocenters. The number of nitrogens with zero attached hydrogens (tertiary/aromatic N) is 1. The van der Waals surface area contributed by atoms with Crippen molar-refractivity contribution in [3.8, 4) is 5.75 Å². The Bertz CT molecular complexity index is 916. The molecule has 3 rings (SSSR count). The van der Waals surface area contributed by atoms with E-state index in [-0.39, 0.29) is 18.3 Å². The summed E-state index contributed by atoms with van der Waals surface area (Å²) in [5.74, 6) is -1.32. The Hall–Kier alpha value is -3.13. The minimum Gasteiger partial charge on any atom is -0.482 e. The highest BCUT2D eigenvalue weighted by molar-refractivity contribution is 5.68. The van der Waals surface area contributed by atoms with E-state index in [4.69, 9.17) is 19.4 Å². The maximum atomic E-state index is 14.2. The Balaban J connectivity index is 1.97. The van der Waals surface area contributed by atoms with Gasteiger partial charge in [-0.15, -0.1) is 5.06 Å². The second-order valence-corrected chi connectivity index (χ2v) is 7.40. The van der Waals surface area contributed by atoms with Gasteiger partial charge in [0, 0.05) is 12.1 Å². The Morgan fingerprint density at radius 3 is 2.70 bits per heavy atom. The third kappa shape index (κ3) is 5.27. The second kappa shape index (κ2) is 9.58. The summed E-state index contributed by atoms with van der Waals surface area (Å²) in [7, 11) is 0.